The van der Waals surface area contributed by atoms with E-state index in [1.807, 2.05) is 73.8 Å². The Morgan fingerprint density at radius 2 is 1.46 bits per heavy atom. The lowest BCUT2D eigenvalue weighted by Crippen LogP contribution is -3.11. The zero-order valence-electron chi connectivity index (χ0n) is 16.3. The van der Waals surface area contributed by atoms with Crippen LogP contribution in [0.15, 0.2) is 66.7 Å². The Morgan fingerprint density at radius 1 is 0.821 bits per heavy atom. The lowest BCUT2D eigenvalue weighted by Gasteiger charge is -2.15. The van der Waals surface area contributed by atoms with Crippen LogP contribution in [-0.2, 0) is 16.0 Å². The van der Waals surface area contributed by atoms with Gasteiger partial charge in [0.2, 0.25) is 0 Å². The molecule has 3 aromatic carbocycles. The molecule has 3 aromatic rings. The van der Waals surface area contributed by atoms with Crippen molar-refractivity contribution in [3.8, 4) is 0 Å². The fourth-order valence-electron chi connectivity index (χ4n) is 3.23. The standard InChI is InChI=1S/C23H25N3O2/c1-3-17-8-6-7-11-21(17)25-23(28)16-26(2)15-22(27)24-20-13-12-18-9-4-5-10-19(18)14-20/h4-14H,3,15-16H2,1-2H3,(H,24,27)(H,25,28)/p+1. The summed E-state index contributed by atoms with van der Waals surface area (Å²) in [6.45, 7) is 2.50. The molecular formula is C23H26N3O2+. The number of benzene rings is 3. The van der Waals surface area contributed by atoms with Crippen LogP contribution in [0.2, 0.25) is 0 Å². The molecule has 1 unspecified atom stereocenters. The molecule has 0 aliphatic heterocycles. The number of anilines is 2. The molecule has 144 valence electrons. The van der Waals surface area contributed by atoms with Crippen molar-refractivity contribution in [2.24, 2.45) is 0 Å². The van der Waals surface area contributed by atoms with Gasteiger partial charge >= 0.3 is 0 Å². The summed E-state index contributed by atoms with van der Waals surface area (Å²) in [6, 6.07) is 21.6. The number of likely N-dealkylation sites (N-methyl/N-ethyl adjacent to an activating group) is 1. The van der Waals surface area contributed by atoms with Crippen LogP contribution in [0.3, 0.4) is 0 Å². The van der Waals surface area contributed by atoms with Crippen molar-refractivity contribution in [3.63, 3.8) is 0 Å². The normalized spacial score (nSPS) is 11.8. The molecule has 0 radical (unpaired) electrons. The highest BCUT2D eigenvalue weighted by Crippen LogP contribution is 2.18. The van der Waals surface area contributed by atoms with E-state index in [9.17, 15) is 9.59 Å². The molecule has 0 aliphatic rings. The minimum absolute atomic E-state index is 0.100. The number of nitrogens with one attached hydrogen (secondary N) is 3. The van der Waals surface area contributed by atoms with Gasteiger partial charge in [-0.3, -0.25) is 9.59 Å². The summed E-state index contributed by atoms with van der Waals surface area (Å²) in [5.74, 6) is -0.216. The number of hydrogen-bond donors (Lipinski definition) is 3. The third-order valence-corrected chi connectivity index (χ3v) is 4.63. The molecule has 3 N–H and O–H groups in total. The molecule has 2 amide bonds. The molecule has 5 heteroatoms. The Balaban J connectivity index is 1.52. The molecule has 3 rings (SSSR count). The van der Waals surface area contributed by atoms with Gasteiger partial charge in [0.25, 0.3) is 11.8 Å². The van der Waals surface area contributed by atoms with Crippen LogP contribution in [-0.4, -0.2) is 32.0 Å². The van der Waals surface area contributed by atoms with E-state index in [0.29, 0.717) is 0 Å². The van der Waals surface area contributed by atoms with Crippen LogP contribution in [0.5, 0.6) is 0 Å². The van der Waals surface area contributed by atoms with E-state index in [1.165, 1.54) is 0 Å². The maximum absolute atomic E-state index is 12.3. The lowest BCUT2D eigenvalue weighted by molar-refractivity contribution is -0.862. The first kappa shape index (κ1) is 19.6. The van der Waals surface area contributed by atoms with E-state index in [2.05, 4.69) is 17.6 Å². The molecule has 5 nitrogen and oxygen atoms in total. The number of aryl methyl sites for hydroxylation is 1. The number of amides is 2. The van der Waals surface area contributed by atoms with E-state index in [4.69, 9.17) is 0 Å². The average molecular weight is 376 g/mol. The first-order valence-electron chi connectivity index (χ1n) is 9.53. The molecule has 0 saturated carbocycles. The van der Waals surface area contributed by atoms with E-state index < -0.39 is 0 Å². The van der Waals surface area contributed by atoms with Gasteiger partial charge in [-0.15, -0.1) is 0 Å². The van der Waals surface area contributed by atoms with Crippen LogP contribution in [0, 0.1) is 0 Å². The number of para-hydroxylation sites is 1. The molecule has 0 aliphatic carbocycles. The fraction of sp³-hybridized carbons (Fsp3) is 0.217. The summed E-state index contributed by atoms with van der Waals surface area (Å²) in [5.41, 5.74) is 2.70. The van der Waals surface area contributed by atoms with Crippen LogP contribution in [0.25, 0.3) is 10.8 Å². The largest absolute Gasteiger partial charge is 0.322 e. The van der Waals surface area contributed by atoms with Crippen molar-refractivity contribution in [1.82, 2.24) is 0 Å². The number of rotatable bonds is 7. The van der Waals surface area contributed by atoms with E-state index >= 15 is 0 Å². The lowest BCUT2D eigenvalue weighted by atomic mass is 10.1. The number of fused-ring (bicyclic) bond motifs is 1. The first-order valence-corrected chi connectivity index (χ1v) is 9.53. The minimum atomic E-state index is -0.116. The fourth-order valence-corrected chi connectivity index (χ4v) is 3.23. The maximum atomic E-state index is 12.3. The van der Waals surface area contributed by atoms with Crippen molar-refractivity contribution in [2.75, 3.05) is 30.8 Å². The monoisotopic (exact) mass is 376 g/mol. The van der Waals surface area contributed by atoms with Crippen molar-refractivity contribution in [2.45, 2.75) is 13.3 Å². The number of carbonyl (C=O) groups excluding carboxylic acids is 2. The third-order valence-electron chi connectivity index (χ3n) is 4.63. The SMILES string of the molecule is CCc1ccccc1NC(=O)C[NH+](C)CC(=O)Nc1ccc2ccccc2c1. The predicted molar refractivity (Wildman–Crippen MR) is 114 cm³/mol. The predicted octanol–water partition coefficient (Wildman–Crippen LogP) is 2.49. The van der Waals surface area contributed by atoms with E-state index in [-0.39, 0.29) is 24.9 Å². The molecule has 1 atom stereocenters. The molecule has 0 bridgehead atoms. The van der Waals surface area contributed by atoms with Gasteiger partial charge in [-0.2, -0.15) is 0 Å². The first-order chi connectivity index (χ1) is 13.5. The second-order valence-electron chi connectivity index (χ2n) is 6.98. The highest BCUT2D eigenvalue weighted by molar-refractivity contribution is 5.95. The van der Waals surface area contributed by atoms with Gasteiger partial charge in [-0.25, -0.2) is 0 Å². The molecule has 0 fully saturated rings. The Morgan fingerprint density at radius 3 is 2.21 bits per heavy atom. The summed E-state index contributed by atoms with van der Waals surface area (Å²) in [6.07, 6.45) is 0.854. The Hall–Kier alpha value is -3.18. The Kier molecular flexibility index (Phi) is 6.40. The van der Waals surface area contributed by atoms with E-state index in [1.54, 1.807) is 0 Å². The number of quaternary nitrogens is 1. The van der Waals surface area contributed by atoms with Gasteiger partial charge in [0.15, 0.2) is 13.1 Å². The molecule has 28 heavy (non-hydrogen) atoms. The summed E-state index contributed by atoms with van der Waals surface area (Å²) < 4.78 is 0. The van der Waals surface area contributed by atoms with Crippen LogP contribution in [0.1, 0.15) is 12.5 Å². The van der Waals surface area contributed by atoms with Gasteiger partial charge in [-0.1, -0.05) is 55.5 Å². The highest BCUT2D eigenvalue weighted by atomic mass is 16.2. The zero-order chi connectivity index (χ0) is 19.9. The smallest absolute Gasteiger partial charge is 0.279 e. The molecule has 0 heterocycles. The Labute approximate surface area is 165 Å². The summed E-state index contributed by atoms with van der Waals surface area (Å²) in [5, 5.41) is 8.07. The van der Waals surface area contributed by atoms with Crippen molar-refractivity contribution in [1.29, 1.82) is 0 Å². The summed E-state index contributed by atoms with van der Waals surface area (Å²) in [4.78, 5) is 25.5. The van der Waals surface area contributed by atoms with Crippen LogP contribution >= 0.6 is 0 Å². The molecular weight excluding hydrogens is 350 g/mol. The van der Waals surface area contributed by atoms with Crippen molar-refractivity contribution < 1.29 is 14.5 Å². The van der Waals surface area contributed by atoms with E-state index in [0.717, 1.165) is 39.0 Å². The second-order valence-corrected chi connectivity index (χ2v) is 6.98. The second kappa shape index (κ2) is 9.15. The summed E-state index contributed by atoms with van der Waals surface area (Å²) >= 11 is 0. The van der Waals surface area contributed by atoms with Gasteiger partial charge in [0.05, 0.1) is 7.05 Å². The van der Waals surface area contributed by atoms with Gasteiger partial charge in [-0.05, 0) is 41.0 Å². The average Bonchev–Trinajstić information content (AvgIpc) is 2.68. The molecule has 0 spiro atoms. The van der Waals surface area contributed by atoms with Gasteiger partial charge in [0, 0.05) is 11.4 Å². The van der Waals surface area contributed by atoms with Gasteiger partial charge < -0.3 is 15.5 Å². The Bertz CT molecular complexity index is 984. The maximum Gasteiger partial charge on any atom is 0.279 e. The van der Waals surface area contributed by atoms with Crippen LogP contribution in [0.4, 0.5) is 11.4 Å². The van der Waals surface area contributed by atoms with Crippen molar-refractivity contribution in [3.05, 3.63) is 72.3 Å². The third kappa shape index (κ3) is 5.18. The number of carbonyl (C=O) groups is 2. The topological polar surface area (TPSA) is 62.6 Å². The quantitative estimate of drug-likeness (QED) is 0.593. The van der Waals surface area contributed by atoms with Gasteiger partial charge in [0.1, 0.15) is 0 Å². The summed E-state index contributed by atoms with van der Waals surface area (Å²) in [7, 11) is 1.84. The highest BCUT2D eigenvalue weighted by Gasteiger charge is 2.15. The zero-order valence-corrected chi connectivity index (χ0v) is 16.3. The van der Waals surface area contributed by atoms with Crippen molar-refractivity contribution >= 4 is 34.0 Å². The van der Waals surface area contributed by atoms with Crippen LogP contribution < -0.4 is 15.5 Å². The minimum Gasteiger partial charge on any atom is -0.322 e. The molecule has 0 saturated heterocycles. The number of hydrogen-bond acceptors (Lipinski definition) is 2. The molecule has 0 aromatic heterocycles.